The number of carbonyl (C=O) groups excluding carboxylic acids is 2. The summed E-state index contributed by atoms with van der Waals surface area (Å²) in [6.45, 7) is 1.99. The molecule has 0 radical (unpaired) electrons. The maximum atomic E-state index is 12.3. The summed E-state index contributed by atoms with van der Waals surface area (Å²) in [7, 11) is 3.61. The Kier molecular flexibility index (Phi) is 8.02. The molecular weight excluding hydrogens is 318 g/mol. The third kappa shape index (κ3) is 5.49. The molecule has 1 heterocycles. The zero-order chi connectivity index (χ0) is 15.9. The summed E-state index contributed by atoms with van der Waals surface area (Å²) >= 11 is 0. The van der Waals surface area contributed by atoms with Gasteiger partial charge in [0.15, 0.2) is 0 Å². The Labute approximate surface area is 143 Å². The van der Waals surface area contributed by atoms with Crippen molar-refractivity contribution in [3.05, 3.63) is 29.8 Å². The molecule has 1 saturated heterocycles. The molecule has 2 rings (SSSR count). The van der Waals surface area contributed by atoms with Crippen molar-refractivity contribution in [3.8, 4) is 0 Å². The van der Waals surface area contributed by atoms with Gasteiger partial charge in [-0.3, -0.25) is 9.59 Å². The fourth-order valence-electron chi connectivity index (χ4n) is 2.34. The van der Waals surface area contributed by atoms with Gasteiger partial charge in [-0.2, -0.15) is 0 Å². The van der Waals surface area contributed by atoms with Crippen LogP contribution in [0.3, 0.4) is 0 Å². The average Bonchev–Trinajstić information content (AvgIpc) is 3.06. The second-order valence-electron chi connectivity index (χ2n) is 5.40. The molecule has 1 unspecified atom stereocenters. The van der Waals surface area contributed by atoms with Crippen molar-refractivity contribution in [2.45, 2.75) is 18.9 Å². The highest BCUT2D eigenvalue weighted by Crippen LogP contribution is 2.16. The molecule has 1 aromatic rings. The normalized spacial score (nSPS) is 16.5. The monoisotopic (exact) mass is 341 g/mol. The first-order chi connectivity index (χ1) is 10.6. The predicted octanol–water partition coefficient (Wildman–Crippen LogP) is 1.52. The molecule has 7 heteroatoms. The smallest absolute Gasteiger partial charge is 0.253 e. The highest BCUT2D eigenvalue weighted by molar-refractivity contribution is 5.98. The van der Waals surface area contributed by atoms with Crippen LogP contribution >= 0.6 is 12.4 Å². The molecule has 2 N–H and O–H groups in total. The maximum Gasteiger partial charge on any atom is 0.253 e. The van der Waals surface area contributed by atoms with Crippen LogP contribution in [0.1, 0.15) is 23.2 Å². The van der Waals surface area contributed by atoms with Crippen LogP contribution in [0.25, 0.3) is 0 Å². The van der Waals surface area contributed by atoms with E-state index >= 15 is 0 Å². The van der Waals surface area contributed by atoms with Crippen LogP contribution in [0.5, 0.6) is 0 Å². The standard InChI is InChI=1S/C16H23N3O3.ClH/c1-17-8-9-19(2)16(21)12-5-3-6-13(11-12)18-15(20)14-7-4-10-22-14;/h3,5-6,11,14,17H,4,7-10H2,1-2H3,(H,18,20);1H. The Morgan fingerprint density at radius 1 is 1.39 bits per heavy atom. The second kappa shape index (κ2) is 9.50. The van der Waals surface area contributed by atoms with Crippen molar-refractivity contribution >= 4 is 29.9 Å². The zero-order valence-electron chi connectivity index (χ0n) is 13.5. The largest absolute Gasteiger partial charge is 0.368 e. The van der Waals surface area contributed by atoms with Crippen molar-refractivity contribution in [3.63, 3.8) is 0 Å². The van der Waals surface area contributed by atoms with E-state index in [1.807, 2.05) is 7.05 Å². The van der Waals surface area contributed by atoms with E-state index in [1.165, 1.54) is 0 Å². The van der Waals surface area contributed by atoms with Gasteiger partial charge >= 0.3 is 0 Å². The lowest BCUT2D eigenvalue weighted by Crippen LogP contribution is -2.33. The van der Waals surface area contributed by atoms with E-state index in [-0.39, 0.29) is 30.3 Å². The summed E-state index contributed by atoms with van der Waals surface area (Å²) in [5.74, 6) is -0.214. The van der Waals surface area contributed by atoms with Crippen LogP contribution in [-0.2, 0) is 9.53 Å². The first-order valence-electron chi connectivity index (χ1n) is 7.54. The number of hydrogen-bond acceptors (Lipinski definition) is 4. The number of carbonyl (C=O) groups is 2. The predicted molar refractivity (Wildman–Crippen MR) is 92.2 cm³/mol. The van der Waals surface area contributed by atoms with Crippen LogP contribution in [0.15, 0.2) is 24.3 Å². The number of hydrogen-bond donors (Lipinski definition) is 2. The van der Waals surface area contributed by atoms with Gasteiger partial charge in [0.25, 0.3) is 11.8 Å². The number of benzene rings is 1. The van der Waals surface area contributed by atoms with E-state index in [4.69, 9.17) is 4.74 Å². The van der Waals surface area contributed by atoms with Gasteiger partial charge in [-0.15, -0.1) is 12.4 Å². The number of anilines is 1. The Hall–Kier alpha value is -1.63. The molecular formula is C16H24ClN3O3. The van der Waals surface area contributed by atoms with Crippen LogP contribution in [-0.4, -0.2) is 56.6 Å². The fourth-order valence-corrected chi connectivity index (χ4v) is 2.34. The maximum absolute atomic E-state index is 12.3. The number of nitrogens with zero attached hydrogens (tertiary/aromatic N) is 1. The summed E-state index contributed by atoms with van der Waals surface area (Å²) in [5.41, 5.74) is 1.18. The van der Waals surface area contributed by atoms with Gasteiger partial charge in [0, 0.05) is 38.0 Å². The van der Waals surface area contributed by atoms with Gasteiger partial charge in [0.2, 0.25) is 0 Å². The lowest BCUT2D eigenvalue weighted by Gasteiger charge is -2.17. The molecule has 128 valence electrons. The summed E-state index contributed by atoms with van der Waals surface area (Å²) in [4.78, 5) is 26.0. The zero-order valence-corrected chi connectivity index (χ0v) is 14.3. The minimum atomic E-state index is -0.377. The van der Waals surface area contributed by atoms with E-state index in [2.05, 4.69) is 10.6 Å². The highest BCUT2D eigenvalue weighted by Gasteiger charge is 2.23. The molecule has 1 aliphatic rings. The molecule has 1 atom stereocenters. The number of amides is 2. The summed E-state index contributed by atoms with van der Waals surface area (Å²) < 4.78 is 5.35. The second-order valence-corrected chi connectivity index (χ2v) is 5.40. The number of halogens is 1. The van der Waals surface area contributed by atoms with Crippen LogP contribution in [0.2, 0.25) is 0 Å². The number of rotatable bonds is 6. The van der Waals surface area contributed by atoms with Crippen molar-refractivity contribution in [2.24, 2.45) is 0 Å². The van der Waals surface area contributed by atoms with Crippen molar-refractivity contribution < 1.29 is 14.3 Å². The van der Waals surface area contributed by atoms with E-state index in [9.17, 15) is 9.59 Å². The Balaban J connectivity index is 0.00000264. The van der Waals surface area contributed by atoms with E-state index in [0.717, 1.165) is 19.4 Å². The van der Waals surface area contributed by atoms with E-state index in [0.29, 0.717) is 24.4 Å². The topological polar surface area (TPSA) is 70.7 Å². The Morgan fingerprint density at radius 3 is 2.83 bits per heavy atom. The van der Waals surface area contributed by atoms with Gasteiger partial charge in [-0.25, -0.2) is 0 Å². The molecule has 23 heavy (non-hydrogen) atoms. The lowest BCUT2D eigenvalue weighted by molar-refractivity contribution is -0.124. The van der Waals surface area contributed by atoms with Gasteiger partial charge in [0.1, 0.15) is 6.10 Å². The third-order valence-corrected chi connectivity index (χ3v) is 3.64. The molecule has 0 saturated carbocycles. The van der Waals surface area contributed by atoms with E-state index < -0.39 is 0 Å². The number of ether oxygens (including phenoxy) is 1. The van der Waals surface area contributed by atoms with Crippen molar-refractivity contribution in [1.29, 1.82) is 0 Å². The Bertz CT molecular complexity index is 533. The average molecular weight is 342 g/mol. The first kappa shape index (κ1) is 19.4. The van der Waals surface area contributed by atoms with Gasteiger partial charge in [0.05, 0.1) is 0 Å². The van der Waals surface area contributed by atoms with Gasteiger partial charge < -0.3 is 20.3 Å². The summed E-state index contributed by atoms with van der Waals surface area (Å²) in [5, 5.41) is 5.82. The molecule has 0 spiro atoms. The van der Waals surface area contributed by atoms with Crippen molar-refractivity contribution in [1.82, 2.24) is 10.2 Å². The summed E-state index contributed by atoms with van der Waals surface area (Å²) in [6, 6.07) is 6.99. The van der Waals surface area contributed by atoms with Gasteiger partial charge in [-0.05, 0) is 38.1 Å². The molecule has 1 aromatic carbocycles. The molecule has 2 amide bonds. The quantitative estimate of drug-likeness (QED) is 0.823. The fraction of sp³-hybridized carbons (Fsp3) is 0.500. The Morgan fingerprint density at radius 2 is 2.17 bits per heavy atom. The minimum absolute atomic E-state index is 0. The molecule has 0 aromatic heterocycles. The van der Waals surface area contributed by atoms with Crippen LogP contribution in [0, 0.1) is 0 Å². The van der Waals surface area contributed by atoms with E-state index in [1.54, 1.807) is 36.2 Å². The minimum Gasteiger partial charge on any atom is -0.368 e. The number of likely N-dealkylation sites (N-methyl/N-ethyl adjacent to an activating group) is 2. The molecule has 0 bridgehead atoms. The van der Waals surface area contributed by atoms with Crippen LogP contribution < -0.4 is 10.6 Å². The SMILES string of the molecule is CNCCN(C)C(=O)c1cccc(NC(=O)C2CCCO2)c1.Cl. The lowest BCUT2D eigenvalue weighted by atomic mass is 10.1. The molecule has 6 nitrogen and oxygen atoms in total. The highest BCUT2D eigenvalue weighted by atomic mass is 35.5. The molecule has 1 fully saturated rings. The van der Waals surface area contributed by atoms with Gasteiger partial charge in [-0.1, -0.05) is 6.07 Å². The summed E-state index contributed by atoms with van der Waals surface area (Å²) in [6.07, 6.45) is 1.28. The number of nitrogens with one attached hydrogen (secondary N) is 2. The molecule has 1 aliphatic heterocycles. The first-order valence-corrected chi connectivity index (χ1v) is 7.54. The third-order valence-electron chi connectivity index (χ3n) is 3.64. The molecule has 0 aliphatic carbocycles. The van der Waals surface area contributed by atoms with Crippen LogP contribution in [0.4, 0.5) is 5.69 Å². The van der Waals surface area contributed by atoms with Crippen molar-refractivity contribution in [2.75, 3.05) is 39.1 Å².